The summed E-state index contributed by atoms with van der Waals surface area (Å²) in [5.41, 5.74) is 2.27. The number of anilines is 1. The van der Waals surface area contributed by atoms with E-state index in [1.165, 1.54) is 0 Å². The Kier molecular flexibility index (Phi) is 4.07. The second-order valence-electron chi connectivity index (χ2n) is 5.48. The zero-order valence-corrected chi connectivity index (χ0v) is 13.1. The monoisotopic (exact) mass is 319 g/mol. The van der Waals surface area contributed by atoms with Crippen LogP contribution in [-0.4, -0.2) is 51.1 Å². The molecule has 0 bridgehead atoms. The summed E-state index contributed by atoms with van der Waals surface area (Å²) in [5, 5.41) is 3.36. The van der Waals surface area contributed by atoms with E-state index in [0.29, 0.717) is 11.5 Å². The Morgan fingerprint density at radius 2 is 1.75 bits per heavy atom. The van der Waals surface area contributed by atoms with Crippen LogP contribution in [0, 0.1) is 0 Å². The van der Waals surface area contributed by atoms with Gasteiger partial charge in [0.2, 0.25) is 0 Å². The topological polar surface area (TPSA) is 79.7 Å². The molecule has 0 saturated carbocycles. The maximum absolute atomic E-state index is 4.71. The molecule has 0 radical (unpaired) electrons. The molecule has 3 aromatic heterocycles. The molecule has 4 rings (SSSR count). The first-order valence-corrected chi connectivity index (χ1v) is 7.93. The highest BCUT2D eigenvalue weighted by Crippen LogP contribution is 2.24. The molecule has 0 aromatic carbocycles. The first-order valence-electron chi connectivity index (χ1n) is 7.93. The van der Waals surface area contributed by atoms with Crippen molar-refractivity contribution in [3.63, 3.8) is 0 Å². The molecule has 120 valence electrons. The molecular weight excluding hydrogens is 302 g/mol. The minimum Gasteiger partial charge on any atom is -0.354 e. The smallest absolute Gasteiger partial charge is 0.182 e. The Labute approximate surface area is 139 Å². The number of aromatic nitrogens is 5. The van der Waals surface area contributed by atoms with Gasteiger partial charge < -0.3 is 10.2 Å². The lowest BCUT2D eigenvalue weighted by molar-refractivity contribution is 0.585. The van der Waals surface area contributed by atoms with Crippen molar-refractivity contribution in [2.24, 2.45) is 0 Å². The quantitative estimate of drug-likeness (QED) is 0.781. The molecule has 1 aliphatic heterocycles. The molecule has 0 amide bonds. The highest BCUT2D eigenvalue weighted by Gasteiger charge is 2.16. The zero-order chi connectivity index (χ0) is 16.2. The number of pyridine rings is 1. The van der Waals surface area contributed by atoms with Gasteiger partial charge in [0.1, 0.15) is 11.5 Å². The molecular formula is C17H17N7. The van der Waals surface area contributed by atoms with Crippen LogP contribution in [0.25, 0.3) is 22.9 Å². The molecule has 7 heteroatoms. The Bertz CT molecular complexity index is 744. The second-order valence-corrected chi connectivity index (χ2v) is 5.48. The van der Waals surface area contributed by atoms with Gasteiger partial charge in [-0.05, 0) is 12.1 Å². The third-order valence-electron chi connectivity index (χ3n) is 3.87. The number of rotatable bonds is 3. The van der Waals surface area contributed by atoms with Gasteiger partial charge in [-0.1, -0.05) is 6.07 Å². The molecule has 7 nitrogen and oxygen atoms in total. The van der Waals surface area contributed by atoms with Crippen LogP contribution >= 0.6 is 0 Å². The van der Waals surface area contributed by atoms with E-state index in [1.807, 2.05) is 24.3 Å². The van der Waals surface area contributed by atoms with E-state index < -0.39 is 0 Å². The molecule has 1 aliphatic rings. The fourth-order valence-electron chi connectivity index (χ4n) is 2.66. The van der Waals surface area contributed by atoms with Crippen molar-refractivity contribution in [1.29, 1.82) is 0 Å². The predicted octanol–water partition coefficient (Wildman–Crippen LogP) is 1.41. The van der Waals surface area contributed by atoms with Crippen LogP contribution in [0.15, 0.2) is 49.1 Å². The van der Waals surface area contributed by atoms with Gasteiger partial charge >= 0.3 is 0 Å². The first kappa shape index (κ1) is 14.6. The molecule has 0 unspecified atom stereocenters. The van der Waals surface area contributed by atoms with Crippen molar-refractivity contribution in [1.82, 2.24) is 30.2 Å². The van der Waals surface area contributed by atoms with Gasteiger partial charge in [-0.25, -0.2) is 15.0 Å². The summed E-state index contributed by atoms with van der Waals surface area (Å²) in [5.74, 6) is 1.47. The summed E-state index contributed by atoms with van der Waals surface area (Å²) in [7, 11) is 0. The molecule has 1 N–H and O–H groups in total. The third-order valence-corrected chi connectivity index (χ3v) is 3.87. The van der Waals surface area contributed by atoms with E-state index >= 15 is 0 Å². The molecule has 3 aromatic rings. The van der Waals surface area contributed by atoms with Crippen molar-refractivity contribution in [2.75, 3.05) is 31.1 Å². The van der Waals surface area contributed by atoms with Crippen molar-refractivity contribution in [3.8, 4) is 22.9 Å². The van der Waals surface area contributed by atoms with Gasteiger partial charge in [-0.15, -0.1) is 0 Å². The Balaban J connectivity index is 1.81. The summed E-state index contributed by atoms with van der Waals surface area (Å²) in [6.07, 6.45) is 6.74. The highest BCUT2D eigenvalue weighted by atomic mass is 15.2. The average molecular weight is 319 g/mol. The summed E-state index contributed by atoms with van der Waals surface area (Å²) in [6.45, 7) is 3.73. The van der Waals surface area contributed by atoms with Crippen LogP contribution < -0.4 is 10.2 Å². The minimum absolute atomic E-state index is 0.569. The van der Waals surface area contributed by atoms with Crippen LogP contribution in [-0.2, 0) is 0 Å². The van der Waals surface area contributed by atoms with Crippen LogP contribution in [0.2, 0.25) is 0 Å². The van der Waals surface area contributed by atoms with E-state index in [-0.39, 0.29) is 0 Å². The molecule has 4 heterocycles. The largest absolute Gasteiger partial charge is 0.354 e. The Morgan fingerprint density at radius 3 is 2.50 bits per heavy atom. The molecule has 1 fully saturated rings. The van der Waals surface area contributed by atoms with Gasteiger partial charge in [0.05, 0.1) is 17.6 Å². The summed E-state index contributed by atoms with van der Waals surface area (Å²) < 4.78 is 0. The Hall–Kier alpha value is -2.93. The molecule has 1 saturated heterocycles. The van der Waals surface area contributed by atoms with Crippen molar-refractivity contribution >= 4 is 5.82 Å². The van der Waals surface area contributed by atoms with E-state index in [0.717, 1.165) is 43.4 Å². The molecule has 24 heavy (non-hydrogen) atoms. The fourth-order valence-corrected chi connectivity index (χ4v) is 2.66. The lowest BCUT2D eigenvalue weighted by Crippen LogP contribution is -2.44. The van der Waals surface area contributed by atoms with Crippen molar-refractivity contribution < 1.29 is 0 Å². The Morgan fingerprint density at radius 1 is 0.875 bits per heavy atom. The fraction of sp³-hybridized carbons (Fsp3) is 0.235. The number of piperazine rings is 1. The summed E-state index contributed by atoms with van der Waals surface area (Å²) in [6, 6.07) is 7.79. The van der Waals surface area contributed by atoms with E-state index in [1.54, 1.807) is 24.8 Å². The lowest BCUT2D eigenvalue weighted by Gasteiger charge is -2.28. The average Bonchev–Trinajstić information content (AvgIpc) is 2.70. The van der Waals surface area contributed by atoms with Crippen LogP contribution in [0.4, 0.5) is 5.82 Å². The molecule has 0 spiro atoms. The first-order chi connectivity index (χ1) is 11.9. The zero-order valence-electron chi connectivity index (χ0n) is 13.1. The SMILES string of the molecule is c1ccc(-c2cc(N3CCNCC3)nc(-c3cnccn3)n2)nc1. The predicted molar refractivity (Wildman–Crippen MR) is 91.4 cm³/mol. The maximum Gasteiger partial charge on any atom is 0.182 e. The van der Waals surface area contributed by atoms with Crippen molar-refractivity contribution in [3.05, 3.63) is 49.1 Å². The van der Waals surface area contributed by atoms with Gasteiger partial charge in [0.15, 0.2) is 5.82 Å². The van der Waals surface area contributed by atoms with Crippen LogP contribution in [0.1, 0.15) is 0 Å². The third kappa shape index (κ3) is 3.07. The lowest BCUT2D eigenvalue weighted by atomic mass is 10.2. The highest BCUT2D eigenvalue weighted by molar-refractivity contribution is 5.64. The standard InChI is InChI=1S/C17H17N7/c1-2-4-20-13(3-1)14-11-16(24-9-7-18-8-10-24)23-17(22-14)15-12-19-5-6-21-15/h1-6,11-12,18H,7-10H2. The molecule has 0 atom stereocenters. The maximum atomic E-state index is 4.71. The van der Waals surface area contributed by atoms with Crippen LogP contribution in [0.3, 0.4) is 0 Å². The number of hydrogen-bond donors (Lipinski definition) is 1. The number of nitrogens with zero attached hydrogens (tertiary/aromatic N) is 6. The van der Waals surface area contributed by atoms with Crippen molar-refractivity contribution in [2.45, 2.75) is 0 Å². The van der Waals surface area contributed by atoms with Gasteiger partial charge in [-0.2, -0.15) is 0 Å². The van der Waals surface area contributed by atoms with Gasteiger partial charge in [0.25, 0.3) is 0 Å². The molecule has 0 aliphatic carbocycles. The normalized spacial score (nSPS) is 14.6. The van der Waals surface area contributed by atoms with E-state index in [9.17, 15) is 0 Å². The minimum atomic E-state index is 0.569. The van der Waals surface area contributed by atoms with E-state index in [2.05, 4.69) is 30.2 Å². The summed E-state index contributed by atoms with van der Waals surface area (Å²) in [4.78, 5) is 24.5. The number of hydrogen-bond acceptors (Lipinski definition) is 7. The summed E-state index contributed by atoms with van der Waals surface area (Å²) >= 11 is 0. The van der Waals surface area contributed by atoms with Gasteiger partial charge in [0, 0.05) is 50.8 Å². The van der Waals surface area contributed by atoms with Gasteiger partial charge in [-0.3, -0.25) is 9.97 Å². The second kappa shape index (κ2) is 6.67. The number of nitrogens with one attached hydrogen (secondary N) is 1. The van der Waals surface area contributed by atoms with Crippen LogP contribution in [0.5, 0.6) is 0 Å². The van der Waals surface area contributed by atoms with E-state index in [4.69, 9.17) is 4.98 Å².